The molecule has 0 aromatic rings. The molecular formula is C14H18. The van der Waals surface area contributed by atoms with Crippen molar-refractivity contribution in [1.29, 1.82) is 0 Å². The molecule has 4 aliphatic carbocycles. The van der Waals surface area contributed by atoms with Gasteiger partial charge in [-0.3, -0.25) is 0 Å². The molecule has 0 saturated heterocycles. The van der Waals surface area contributed by atoms with E-state index in [1.165, 1.54) is 43.3 Å². The van der Waals surface area contributed by atoms with Gasteiger partial charge < -0.3 is 0 Å². The second-order valence-electron chi connectivity index (χ2n) is 6.19. The van der Waals surface area contributed by atoms with E-state index in [1.807, 2.05) is 0 Å². The highest BCUT2D eigenvalue weighted by atomic mass is 14.7. The first kappa shape index (κ1) is 7.73. The molecule has 4 aliphatic rings. The van der Waals surface area contributed by atoms with Gasteiger partial charge in [-0.05, 0) is 72.3 Å². The molecule has 0 aromatic carbocycles. The molecule has 0 heteroatoms. The first-order valence-corrected chi connectivity index (χ1v) is 6.08. The third-order valence-corrected chi connectivity index (χ3v) is 5.98. The quantitative estimate of drug-likeness (QED) is 0.542. The van der Waals surface area contributed by atoms with Crippen molar-refractivity contribution in [3.8, 4) is 0 Å². The maximum atomic E-state index is 4.30. The van der Waals surface area contributed by atoms with Crippen molar-refractivity contribution in [3.05, 3.63) is 24.3 Å². The van der Waals surface area contributed by atoms with Crippen LogP contribution in [0.2, 0.25) is 0 Å². The zero-order chi connectivity index (χ0) is 9.50. The molecule has 3 bridgehead atoms. The minimum absolute atomic E-state index is 0.789. The fourth-order valence-corrected chi connectivity index (χ4v) is 5.22. The van der Waals surface area contributed by atoms with E-state index in [2.05, 4.69) is 13.2 Å². The van der Waals surface area contributed by atoms with Crippen LogP contribution in [-0.4, -0.2) is 0 Å². The van der Waals surface area contributed by atoms with Gasteiger partial charge >= 0.3 is 0 Å². The van der Waals surface area contributed by atoms with Crippen molar-refractivity contribution < 1.29 is 0 Å². The summed E-state index contributed by atoms with van der Waals surface area (Å²) in [6.45, 7) is 8.61. The molecule has 0 nitrogen and oxygen atoms in total. The molecule has 14 heavy (non-hydrogen) atoms. The fraction of sp³-hybridized carbons (Fsp3) is 0.714. The van der Waals surface area contributed by atoms with Crippen LogP contribution in [0.5, 0.6) is 0 Å². The standard InChI is InChI=1S/C14H18/c1-8-9(2)11-4-13-5-12-3-10(8)6-14(12,13)7-11/h10-13H,1-7H2. The molecule has 4 rings (SSSR count). The largest absolute Gasteiger partial charge is 0.0953 e. The third-order valence-electron chi connectivity index (χ3n) is 5.98. The molecule has 1 spiro atoms. The van der Waals surface area contributed by atoms with Gasteiger partial charge in [0.15, 0.2) is 0 Å². The van der Waals surface area contributed by atoms with E-state index >= 15 is 0 Å². The molecule has 0 heterocycles. The minimum atomic E-state index is 0.789. The van der Waals surface area contributed by atoms with E-state index < -0.39 is 0 Å². The molecule has 4 atom stereocenters. The Bertz CT molecular complexity index is 315. The molecule has 0 amide bonds. The van der Waals surface area contributed by atoms with Crippen LogP contribution in [-0.2, 0) is 0 Å². The third kappa shape index (κ3) is 0.610. The fourth-order valence-electron chi connectivity index (χ4n) is 5.22. The Morgan fingerprint density at radius 2 is 1.36 bits per heavy atom. The van der Waals surface area contributed by atoms with Crippen LogP contribution in [0.25, 0.3) is 0 Å². The molecule has 0 radical (unpaired) electrons. The molecule has 0 aromatic heterocycles. The first-order chi connectivity index (χ1) is 6.71. The predicted molar refractivity (Wildman–Crippen MR) is 57.8 cm³/mol. The lowest BCUT2D eigenvalue weighted by molar-refractivity contribution is 0.00295. The predicted octanol–water partition coefficient (Wildman–Crippen LogP) is 3.55. The van der Waals surface area contributed by atoms with Crippen LogP contribution in [0.1, 0.15) is 32.1 Å². The van der Waals surface area contributed by atoms with Crippen molar-refractivity contribution in [3.63, 3.8) is 0 Å². The number of rotatable bonds is 0. The van der Waals surface area contributed by atoms with Gasteiger partial charge in [0.1, 0.15) is 0 Å². The summed E-state index contributed by atoms with van der Waals surface area (Å²) in [6, 6.07) is 0. The van der Waals surface area contributed by atoms with E-state index in [0.717, 1.165) is 29.1 Å². The van der Waals surface area contributed by atoms with Crippen molar-refractivity contribution in [2.45, 2.75) is 32.1 Å². The second-order valence-corrected chi connectivity index (χ2v) is 6.19. The van der Waals surface area contributed by atoms with Crippen molar-refractivity contribution in [2.24, 2.45) is 29.1 Å². The van der Waals surface area contributed by atoms with Gasteiger partial charge in [-0.25, -0.2) is 0 Å². The van der Waals surface area contributed by atoms with Gasteiger partial charge in [0.05, 0.1) is 0 Å². The van der Waals surface area contributed by atoms with Crippen LogP contribution in [0.15, 0.2) is 24.3 Å². The smallest absolute Gasteiger partial charge is 0.0157 e. The lowest BCUT2D eigenvalue weighted by Crippen LogP contribution is -2.41. The number of hydrogen-bond donors (Lipinski definition) is 0. The van der Waals surface area contributed by atoms with E-state index in [1.54, 1.807) is 0 Å². The van der Waals surface area contributed by atoms with E-state index in [4.69, 9.17) is 0 Å². The molecular weight excluding hydrogens is 168 g/mol. The minimum Gasteiger partial charge on any atom is -0.0953 e. The average Bonchev–Trinajstić information content (AvgIpc) is 2.60. The lowest BCUT2D eigenvalue weighted by atomic mass is 9.56. The summed E-state index contributed by atoms with van der Waals surface area (Å²) >= 11 is 0. The van der Waals surface area contributed by atoms with Crippen LogP contribution in [0.4, 0.5) is 0 Å². The van der Waals surface area contributed by atoms with Crippen molar-refractivity contribution in [1.82, 2.24) is 0 Å². The molecule has 4 saturated carbocycles. The van der Waals surface area contributed by atoms with Crippen LogP contribution in [0.3, 0.4) is 0 Å². The monoisotopic (exact) mass is 186 g/mol. The summed E-state index contributed by atoms with van der Waals surface area (Å²) < 4.78 is 0. The lowest BCUT2D eigenvalue weighted by Gasteiger charge is -2.48. The van der Waals surface area contributed by atoms with E-state index in [0.29, 0.717) is 0 Å². The average molecular weight is 186 g/mol. The van der Waals surface area contributed by atoms with E-state index in [9.17, 15) is 0 Å². The summed E-state index contributed by atoms with van der Waals surface area (Å²) in [7, 11) is 0. The number of allylic oxidation sites excluding steroid dienone is 2. The summed E-state index contributed by atoms with van der Waals surface area (Å²) in [5.41, 5.74) is 3.65. The zero-order valence-electron chi connectivity index (χ0n) is 8.76. The van der Waals surface area contributed by atoms with Crippen LogP contribution < -0.4 is 0 Å². The Labute approximate surface area is 86.1 Å². The van der Waals surface area contributed by atoms with Crippen LogP contribution in [0, 0.1) is 29.1 Å². The molecule has 4 fully saturated rings. The maximum Gasteiger partial charge on any atom is -0.0157 e. The molecule has 4 unspecified atom stereocenters. The number of fused-ring (bicyclic) bond motifs is 2. The number of hydrogen-bond acceptors (Lipinski definition) is 0. The highest BCUT2D eigenvalue weighted by Crippen LogP contribution is 2.74. The van der Waals surface area contributed by atoms with Crippen molar-refractivity contribution in [2.75, 3.05) is 0 Å². The van der Waals surface area contributed by atoms with Crippen molar-refractivity contribution >= 4 is 0 Å². The summed E-state index contributed by atoms with van der Waals surface area (Å²) in [5, 5.41) is 0. The van der Waals surface area contributed by atoms with Gasteiger partial charge in [0.25, 0.3) is 0 Å². The highest BCUT2D eigenvalue weighted by Gasteiger charge is 2.65. The first-order valence-electron chi connectivity index (χ1n) is 6.08. The van der Waals surface area contributed by atoms with Gasteiger partial charge in [-0.2, -0.15) is 0 Å². The zero-order valence-corrected chi connectivity index (χ0v) is 8.76. The molecule has 0 N–H and O–H groups in total. The Hall–Kier alpha value is -0.520. The van der Waals surface area contributed by atoms with Gasteiger partial charge in [0.2, 0.25) is 0 Å². The van der Waals surface area contributed by atoms with Gasteiger partial charge in [0, 0.05) is 0 Å². The molecule has 74 valence electrons. The Kier molecular flexibility index (Phi) is 1.12. The van der Waals surface area contributed by atoms with Crippen LogP contribution >= 0.6 is 0 Å². The normalized spacial score (nSPS) is 58.6. The summed E-state index contributed by atoms with van der Waals surface area (Å²) in [6.07, 6.45) is 7.36. The summed E-state index contributed by atoms with van der Waals surface area (Å²) in [4.78, 5) is 0. The molecule has 0 aliphatic heterocycles. The van der Waals surface area contributed by atoms with Gasteiger partial charge in [-0.15, -0.1) is 0 Å². The van der Waals surface area contributed by atoms with Gasteiger partial charge in [-0.1, -0.05) is 13.2 Å². The SMILES string of the molecule is C=C1C(=C)C2CC3CC4CC1CC43C2. The Morgan fingerprint density at radius 1 is 0.857 bits per heavy atom. The Balaban J connectivity index is 1.88. The summed E-state index contributed by atoms with van der Waals surface area (Å²) in [5.74, 6) is 3.80. The highest BCUT2D eigenvalue weighted by molar-refractivity contribution is 5.38. The second kappa shape index (κ2) is 2.03. The van der Waals surface area contributed by atoms with E-state index in [-0.39, 0.29) is 0 Å². The Morgan fingerprint density at radius 3 is 1.86 bits per heavy atom. The topological polar surface area (TPSA) is 0 Å². The maximum absolute atomic E-state index is 4.30.